The second-order valence-corrected chi connectivity index (χ2v) is 7.06. The number of rotatable bonds is 6. The van der Waals surface area contributed by atoms with E-state index in [1.54, 1.807) is 43.4 Å². The number of halogens is 1. The summed E-state index contributed by atoms with van der Waals surface area (Å²) in [6.45, 7) is 2.01. The summed E-state index contributed by atoms with van der Waals surface area (Å²) in [4.78, 5) is 27.3. The minimum atomic E-state index is -0.435. The number of hydrogen-bond acceptors (Lipinski definition) is 6. The van der Waals surface area contributed by atoms with Crippen molar-refractivity contribution in [3.8, 4) is 11.5 Å². The minimum Gasteiger partial charge on any atom is -0.493 e. The van der Waals surface area contributed by atoms with Crippen molar-refractivity contribution in [2.45, 2.75) is 6.42 Å². The van der Waals surface area contributed by atoms with E-state index in [0.29, 0.717) is 48.4 Å². The Balaban J connectivity index is 1.64. The number of carbonyl (C=O) groups excluding carboxylic acids is 1. The van der Waals surface area contributed by atoms with E-state index in [1.807, 2.05) is 11.0 Å². The van der Waals surface area contributed by atoms with Crippen LogP contribution in [-0.4, -0.2) is 56.1 Å². The molecule has 1 saturated heterocycles. The maximum absolute atomic E-state index is 12.7. The van der Waals surface area contributed by atoms with E-state index in [0.717, 1.165) is 5.56 Å². The molecule has 0 radical (unpaired) electrons. The Bertz CT molecular complexity index is 913. The normalized spacial score (nSPS) is 13.9. The SMILES string of the molecule is COc1ccc(CC(=O)N2CCN(c3ccc(Cl)cc3[N+](=O)[O-])CC2)cc1OC. The molecule has 0 aromatic heterocycles. The quantitative estimate of drug-likeness (QED) is 0.528. The molecule has 0 unspecified atom stereocenters. The highest BCUT2D eigenvalue weighted by molar-refractivity contribution is 6.30. The summed E-state index contributed by atoms with van der Waals surface area (Å²) in [5.41, 5.74) is 1.33. The highest BCUT2D eigenvalue weighted by Gasteiger charge is 2.26. The summed E-state index contributed by atoms with van der Waals surface area (Å²) in [7, 11) is 3.12. The Kier molecular flexibility index (Phi) is 6.43. The van der Waals surface area contributed by atoms with Crippen molar-refractivity contribution in [1.29, 1.82) is 0 Å². The fourth-order valence-corrected chi connectivity index (χ4v) is 3.55. The van der Waals surface area contributed by atoms with Crippen LogP contribution < -0.4 is 14.4 Å². The lowest BCUT2D eigenvalue weighted by molar-refractivity contribution is -0.384. The molecule has 1 amide bonds. The standard InChI is InChI=1S/C20H22ClN3O5/c1-28-18-6-3-14(11-19(18)29-2)12-20(25)23-9-7-22(8-10-23)16-5-4-15(21)13-17(16)24(26)27/h3-6,11,13H,7-10,12H2,1-2H3. The van der Waals surface area contributed by atoms with Crippen LogP contribution >= 0.6 is 11.6 Å². The van der Waals surface area contributed by atoms with E-state index in [9.17, 15) is 14.9 Å². The maximum atomic E-state index is 12.7. The van der Waals surface area contributed by atoms with Gasteiger partial charge in [0.05, 0.1) is 25.6 Å². The van der Waals surface area contributed by atoms with Gasteiger partial charge in [-0.1, -0.05) is 17.7 Å². The molecule has 1 aliphatic rings. The van der Waals surface area contributed by atoms with Crippen LogP contribution in [0.15, 0.2) is 36.4 Å². The largest absolute Gasteiger partial charge is 0.493 e. The van der Waals surface area contributed by atoms with E-state index < -0.39 is 4.92 Å². The van der Waals surface area contributed by atoms with Gasteiger partial charge < -0.3 is 19.3 Å². The lowest BCUT2D eigenvalue weighted by Crippen LogP contribution is -2.49. The van der Waals surface area contributed by atoms with Crippen molar-refractivity contribution >= 4 is 28.9 Å². The maximum Gasteiger partial charge on any atom is 0.294 e. The van der Waals surface area contributed by atoms with E-state index in [4.69, 9.17) is 21.1 Å². The van der Waals surface area contributed by atoms with Crippen LogP contribution in [0.3, 0.4) is 0 Å². The molecule has 8 nitrogen and oxygen atoms in total. The molecule has 1 fully saturated rings. The Morgan fingerprint density at radius 3 is 2.38 bits per heavy atom. The van der Waals surface area contributed by atoms with Crippen LogP contribution in [0.4, 0.5) is 11.4 Å². The number of amides is 1. The monoisotopic (exact) mass is 419 g/mol. The third-order valence-electron chi connectivity index (χ3n) is 4.91. The number of nitro benzene ring substituents is 1. The number of nitro groups is 1. The van der Waals surface area contributed by atoms with Gasteiger partial charge in [0.1, 0.15) is 5.69 Å². The van der Waals surface area contributed by atoms with Crippen LogP contribution in [0.2, 0.25) is 5.02 Å². The van der Waals surface area contributed by atoms with Crippen molar-refractivity contribution in [3.05, 3.63) is 57.1 Å². The molecular formula is C20H22ClN3O5. The first-order chi connectivity index (χ1) is 13.9. The van der Waals surface area contributed by atoms with Crippen molar-refractivity contribution in [3.63, 3.8) is 0 Å². The molecule has 0 N–H and O–H groups in total. The summed E-state index contributed by atoms with van der Waals surface area (Å²) in [6.07, 6.45) is 0.251. The first kappa shape index (κ1) is 20.7. The molecule has 0 spiro atoms. The molecule has 0 saturated carbocycles. The smallest absolute Gasteiger partial charge is 0.294 e. The second kappa shape index (κ2) is 9.00. The lowest BCUT2D eigenvalue weighted by Gasteiger charge is -2.36. The zero-order valence-corrected chi connectivity index (χ0v) is 17.0. The van der Waals surface area contributed by atoms with Crippen molar-refractivity contribution in [2.24, 2.45) is 0 Å². The van der Waals surface area contributed by atoms with Gasteiger partial charge in [-0.15, -0.1) is 0 Å². The molecular weight excluding hydrogens is 398 g/mol. The Morgan fingerprint density at radius 1 is 1.07 bits per heavy atom. The third-order valence-corrected chi connectivity index (χ3v) is 5.15. The van der Waals surface area contributed by atoms with Gasteiger partial charge in [-0.2, -0.15) is 0 Å². The zero-order valence-electron chi connectivity index (χ0n) is 16.3. The summed E-state index contributed by atoms with van der Waals surface area (Å²) in [5, 5.41) is 11.7. The second-order valence-electron chi connectivity index (χ2n) is 6.62. The predicted molar refractivity (Wildman–Crippen MR) is 110 cm³/mol. The highest BCUT2D eigenvalue weighted by atomic mass is 35.5. The average molecular weight is 420 g/mol. The van der Waals surface area contributed by atoms with E-state index in [2.05, 4.69) is 0 Å². The molecule has 1 aliphatic heterocycles. The number of hydrogen-bond donors (Lipinski definition) is 0. The van der Waals surface area contributed by atoms with E-state index in [1.165, 1.54) is 6.07 Å². The molecule has 2 aromatic rings. The Hall–Kier alpha value is -3.00. The van der Waals surface area contributed by atoms with Crippen LogP contribution in [0.25, 0.3) is 0 Å². The van der Waals surface area contributed by atoms with Gasteiger partial charge in [-0.3, -0.25) is 14.9 Å². The first-order valence-corrected chi connectivity index (χ1v) is 9.48. The number of nitrogens with zero attached hydrogens (tertiary/aromatic N) is 3. The van der Waals surface area contributed by atoms with Crippen LogP contribution in [0.5, 0.6) is 11.5 Å². The van der Waals surface area contributed by atoms with Gasteiger partial charge in [0.15, 0.2) is 11.5 Å². The van der Waals surface area contributed by atoms with Gasteiger partial charge in [-0.25, -0.2) is 0 Å². The van der Waals surface area contributed by atoms with Gasteiger partial charge in [0.2, 0.25) is 5.91 Å². The molecule has 154 valence electrons. The Labute approximate surface area is 173 Å². The molecule has 0 aliphatic carbocycles. The molecule has 29 heavy (non-hydrogen) atoms. The third kappa shape index (κ3) is 4.71. The van der Waals surface area contributed by atoms with Crippen molar-refractivity contribution in [2.75, 3.05) is 45.3 Å². The predicted octanol–water partition coefficient (Wildman–Crippen LogP) is 3.16. The summed E-state index contributed by atoms with van der Waals surface area (Å²) in [6, 6.07) is 10.1. The number of methoxy groups -OCH3 is 2. The molecule has 9 heteroatoms. The lowest BCUT2D eigenvalue weighted by atomic mass is 10.1. The number of benzene rings is 2. The first-order valence-electron chi connectivity index (χ1n) is 9.10. The highest BCUT2D eigenvalue weighted by Crippen LogP contribution is 2.32. The van der Waals surface area contributed by atoms with Gasteiger partial charge in [0, 0.05) is 37.3 Å². The number of carbonyl (C=O) groups is 1. The molecule has 3 rings (SSSR count). The topological polar surface area (TPSA) is 85.2 Å². The fourth-order valence-electron chi connectivity index (χ4n) is 3.38. The van der Waals surface area contributed by atoms with E-state index >= 15 is 0 Å². The van der Waals surface area contributed by atoms with Crippen molar-refractivity contribution in [1.82, 2.24) is 4.90 Å². The number of piperazine rings is 1. The minimum absolute atomic E-state index is 0.00229. The summed E-state index contributed by atoms with van der Waals surface area (Å²) >= 11 is 5.89. The van der Waals surface area contributed by atoms with Gasteiger partial charge in [0.25, 0.3) is 5.69 Å². The molecule has 0 bridgehead atoms. The fraction of sp³-hybridized carbons (Fsp3) is 0.350. The zero-order chi connectivity index (χ0) is 21.0. The number of anilines is 1. The molecule has 1 heterocycles. The van der Waals surface area contributed by atoms with Crippen molar-refractivity contribution < 1.29 is 19.2 Å². The summed E-state index contributed by atoms with van der Waals surface area (Å²) < 4.78 is 10.5. The van der Waals surface area contributed by atoms with Crippen LogP contribution in [0, 0.1) is 10.1 Å². The average Bonchev–Trinajstić information content (AvgIpc) is 2.73. The number of ether oxygens (including phenoxy) is 2. The van der Waals surface area contributed by atoms with Gasteiger partial charge >= 0.3 is 0 Å². The van der Waals surface area contributed by atoms with E-state index in [-0.39, 0.29) is 18.0 Å². The Morgan fingerprint density at radius 2 is 1.76 bits per heavy atom. The molecule has 2 aromatic carbocycles. The van der Waals surface area contributed by atoms with Crippen LogP contribution in [-0.2, 0) is 11.2 Å². The van der Waals surface area contributed by atoms with Gasteiger partial charge in [-0.05, 0) is 29.8 Å². The summed E-state index contributed by atoms with van der Waals surface area (Å²) in [5.74, 6) is 1.20. The molecule has 0 atom stereocenters. The van der Waals surface area contributed by atoms with Crippen LogP contribution in [0.1, 0.15) is 5.56 Å².